The number of aryl methyl sites for hydroxylation is 1. The molecule has 3 heterocycles. The van der Waals surface area contributed by atoms with Crippen LogP contribution in [0.1, 0.15) is 32.5 Å². The van der Waals surface area contributed by atoms with E-state index in [0.29, 0.717) is 42.8 Å². The number of benzene rings is 1. The molecule has 4 aromatic rings. The quantitative estimate of drug-likeness (QED) is 0.416. The molecule has 1 aromatic carbocycles. The van der Waals surface area contributed by atoms with Gasteiger partial charge in [-0.15, -0.1) is 5.10 Å². The van der Waals surface area contributed by atoms with Crippen LogP contribution in [0.2, 0.25) is 0 Å². The summed E-state index contributed by atoms with van der Waals surface area (Å²) < 4.78 is 15.4. The zero-order chi connectivity index (χ0) is 20.9. The minimum absolute atomic E-state index is 0.425. The Bertz CT molecular complexity index is 1140. The summed E-state index contributed by atoms with van der Waals surface area (Å²) in [6, 6.07) is 3.79. The van der Waals surface area contributed by atoms with Gasteiger partial charge in [-0.1, -0.05) is 13.8 Å². The first kappa shape index (κ1) is 19.7. The molecule has 0 saturated carbocycles. The van der Waals surface area contributed by atoms with Gasteiger partial charge in [-0.3, -0.25) is 0 Å². The van der Waals surface area contributed by atoms with Crippen LogP contribution in [0.4, 0.5) is 0 Å². The van der Waals surface area contributed by atoms with Crippen LogP contribution in [-0.4, -0.2) is 52.9 Å². The van der Waals surface area contributed by atoms with Gasteiger partial charge >= 0.3 is 0 Å². The number of fused-ring (bicyclic) bond motifs is 1. The van der Waals surface area contributed by atoms with Gasteiger partial charge in [0, 0.05) is 30.9 Å². The summed E-state index contributed by atoms with van der Waals surface area (Å²) in [4.78, 5) is 13.3. The molecule has 0 aliphatic carbocycles. The fraction of sp³-hybridized carbons (Fsp3) is 0.400. The van der Waals surface area contributed by atoms with Gasteiger partial charge in [0.15, 0.2) is 11.5 Å². The normalized spacial score (nSPS) is 11.2. The summed E-state index contributed by atoms with van der Waals surface area (Å²) in [5.41, 5.74) is 1.36. The lowest BCUT2D eigenvalue weighted by atomic mass is 10.1. The smallest absolute Gasteiger partial charge is 0.201 e. The molecule has 3 aromatic heterocycles. The van der Waals surface area contributed by atoms with Gasteiger partial charge < -0.3 is 14.0 Å². The molecule has 30 heavy (non-hydrogen) atoms. The average molecular weight is 408 g/mol. The fourth-order valence-electron chi connectivity index (χ4n) is 3.06. The molecular formula is C20H24N8O2. The van der Waals surface area contributed by atoms with E-state index in [9.17, 15) is 0 Å². The van der Waals surface area contributed by atoms with Crippen molar-refractivity contribution in [3.63, 3.8) is 0 Å². The second kappa shape index (κ2) is 8.85. The molecule has 0 aliphatic heterocycles. The van der Waals surface area contributed by atoms with Crippen molar-refractivity contribution in [1.29, 1.82) is 0 Å². The summed E-state index contributed by atoms with van der Waals surface area (Å²) in [6.45, 7) is 5.75. The maximum Gasteiger partial charge on any atom is 0.201 e. The third kappa shape index (κ3) is 3.93. The minimum atomic E-state index is 0.425. The number of hydrogen-bond donors (Lipinski definition) is 0. The highest BCUT2D eigenvalue weighted by atomic mass is 16.5. The van der Waals surface area contributed by atoms with Crippen molar-refractivity contribution in [3.8, 4) is 23.0 Å². The second-order valence-electron chi connectivity index (χ2n) is 6.85. The SMILES string of the molecule is CCCOc1cc2ncnc(-c3nnnn3Cc3nccn3C)c2cc1OCCC. The lowest BCUT2D eigenvalue weighted by molar-refractivity contribution is 0.269. The minimum Gasteiger partial charge on any atom is -0.490 e. The first-order valence-electron chi connectivity index (χ1n) is 9.98. The molecule has 4 rings (SSSR count). The van der Waals surface area contributed by atoms with Gasteiger partial charge in [0.05, 0.1) is 18.7 Å². The molecule has 0 N–H and O–H groups in total. The van der Waals surface area contributed by atoms with E-state index < -0.39 is 0 Å². The van der Waals surface area contributed by atoms with Crippen LogP contribution < -0.4 is 9.47 Å². The van der Waals surface area contributed by atoms with Gasteiger partial charge in [0.1, 0.15) is 24.4 Å². The number of aromatic nitrogens is 8. The van der Waals surface area contributed by atoms with E-state index in [-0.39, 0.29) is 0 Å². The number of imidazole rings is 1. The van der Waals surface area contributed by atoms with Crippen molar-refractivity contribution in [2.75, 3.05) is 13.2 Å². The van der Waals surface area contributed by atoms with Crippen LogP contribution in [0, 0.1) is 0 Å². The second-order valence-corrected chi connectivity index (χ2v) is 6.85. The predicted molar refractivity (Wildman–Crippen MR) is 110 cm³/mol. The summed E-state index contributed by atoms with van der Waals surface area (Å²) in [7, 11) is 1.93. The van der Waals surface area contributed by atoms with E-state index in [1.54, 1.807) is 10.9 Å². The molecule has 0 unspecified atom stereocenters. The highest BCUT2D eigenvalue weighted by molar-refractivity contribution is 5.92. The Hall–Kier alpha value is -3.56. The Balaban J connectivity index is 1.78. The molecule has 0 radical (unpaired) electrons. The Kier molecular flexibility index (Phi) is 5.82. The zero-order valence-electron chi connectivity index (χ0n) is 17.3. The molecule has 10 heteroatoms. The Morgan fingerprint density at radius 3 is 2.43 bits per heavy atom. The van der Waals surface area contributed by atoms with E-state index in [1.807, 2.05) is 29.9 Å². The lowest BCUT2D eigenvalue weighted by Crippen LogP contribution is -2.10. The van der Waals surface area contributed by atoms with Crippen molar-refractivity contribution in [1.82, 2.24) is 39.7 Å². The predicted octanol–water partition coefficient (Wildman–Crippen LogP) is 2.64. The van der Waals surface area contributed by atoms with E-state index in [4.69, 9.17) is 9.47 Å². The lowest BCUT2D eigenvalue weighted by Gasteiger charge is -2.14. The van der Waals surface area contributed by atoms with Gasteiger partial charge in [-0.05, 0) is 29.3 Å². The third-order valence-corrected chi connectivity index (χ3v) is 4.58. The number of nitrogens with zero attached hydrogens (tertiary/aromatic N) is 8. The monoisotopic (exact) mass is 408 g/mol. The van der Waals surface area contributed by atoms with Crippen LogP contribution in [0.15, 0.2) is 30.9 Å². The molecule has 0 fully saturated rings. The number of tetrazole rings is 1. The van der Waals surface area contributed by atoms with E-state index in [1.165, 1.54) is 6.33 Å². The van der Waals surface area contributed by atoms with E-state index in [0.717, 1.165) is 29.6 Å². The highest BCUT2D eigenvalue weighted by Gasteiger charge is 2.18. The number of ether oxygens (including phenoxy) is 2. The van der Waals surface area contributed by atoms with Crippen LogP contribution in [0.5, 0.6) is 11.5 Å². The van der Waals surface area contributed by atoms with Crippen molar-refractivity contribution in [3.05, 3.63) is 36.7 Å². The summed E-state index contributed by atoms with van der Waals surface area (Å²) in [5, 5.41) is 13.0. The Morgan fingerprint density at radius 1 is 0.967 bits per heavy atom. The van der Waals surface area contributed by atoms with Crippen LogP contribution in [0.3, 0.4) is 0 Å². The zero-order valence-corrected chi connectivity index (χ0v) is 17.3. The van der Waals surface area contributed by atoms with E-state index >= 15 is 0 Å². The van der Waals surface area contributed by atoms with E-state index in [2.05, 4.69) is 44.3 Å². The molecule has 10 nitrogen and oxygen atoms in total. The summed E-state index contributed by atoms with van der Waals surface area (Å²) in [5.74, 6) is 2.71. The number of rotatable bonds is 9. The van der Waals surface area contributed by atoms with Crippen LogP contribution >= 0.6 is 0 Å². The van der Waals surface area contributed by atoms with Crippen molar-refractivity contribution in [2.24, 2.45) is 7.05 Å². The molecule has 0 spiro atoms. The van der Waals surface area contributed by atoms with Crippen molar-refractivity contribution >= 4 is 10.9 Å². The first-order valence-corrected chi connectivity index (χ1v) is 9.98. The molecule has 0 atom stereocenters. The standard InChI is InChI=1S/C20H24N8O2/c1-4-8-29-16-10-14-15(11-17(16)30-9-5-2)22-13-23-19(14)20-24-25-26-28(20)12-18-21-6-7-27(18)3/h6-7,10-11,13H,4-5,8-9,12H2,1-3H3. The van der Waals surface area contributed by atoms with Gasteiger partial charge in [0.2, 0.25) is 5.82 Å². The summed E-state index contributed by atoms with van der Waals surface area (Å²) in [6.07, 6.45) is 6.93. The van der Waals surface area contributed by atoms with Crippen molar-refractivity contribution < 1.29 is 9.47 Å². The molecule has 0 aliphatic rings. The Labute approximate surface area is 173 Å². The maximum atomic E-state index is 5.94. The highest BCUT2D eigenvalue weighted by Crippen LogP contribution is 2.35. The van der Waals surface area contributed by atoms with Gasteiger partial charge in [-0.2, -0.15) is 0 Å². The molecule has 0 bridgehead atoms. The van der Waals surface area contributed by atoms with Crippen molar-refractivity contribution in [2.45, 2.75) is 33.2 Å². The molecular weight excluding hydrogens is 384 g/mol. The largest absolute Gasteiger partial charge is 0.490 e. The molecule has 0 amide bonds. The molecule has 0 saturated heterocycles. The third-order valence-electron chi connectivity index (χ3n) is 4.58. The topological polar surface area (TPSA) is 106 Å². The van der Waals surface area contributed by atoms with Gasteiger partial charge in [0.25, 0.3) is 0 Å². The van der Waals surface area contributed by atoms with Gasteiger partial charge in [-0.25, -0.2) is 19.6 Å². The average Bonchev–Trinajstić information content (AvgIpc) is 3.39. The molecule has 156 valence electrons. The first-order chi connectivity index (χ1) is 14.7. The fourth-order valence-corrected chi connectivity index (χ4v) is 3.06. The maximum absolute atomic E-state index is 5.94. The van der Waals surface area contributed by atoms with Crippen LogP contribution in [-0.2, 0) is 13.6 Å². The summed E-state index contributed by atoms with van der Waals surface area (Å²) >= 11 is 0. The Morgan fingerprint density at radius 2 is 1.73 bits per heavy atom. The number of hydrogen-bond acceptors (Lipinski definition) is 8. The van der Waals surface area contributed by atoms with Crippen LogP contribution in [0.25, 0.3) is 22.4 Å².